The normalized spacial score (nSPS) is 12.0. The van der Waals surface area contributed by atoms with Crippen LogP contribution in [-0.4, -0.2) is 50.4 Å². The van der Waals surface area contributed by atoms with Gasteiger partial charge in [0.25, 0.3) is 5.78 Å². The van der Waals surface area contributed by atoms with Crippen molar-refractivity contribution in [2.45, 2.75) is 31.5 Å². The number of nitrogens with one attached hydrogen (secondary N) is 1. The standard InChI is InChI=1S/C19H21N5O3S/c1-12-9-13(2)24-18(20-12)22-23-19(24)28-11-16(25)21-15(17(26)27-3)10-14-7-5-4-6-8-14/h4-9,15H,10-11H2,1-3H3,(H,21,25)/t15-/m0/s1. The molecule has 3 rings (SSSR count). The first-order chi connectivity index (χ1) is 13.5. The number of ether oxygens (including phenoxy) is 1. The number of nitrogens with zero attached hydrogens (tertiary/aromatic N) is 4. The molecule has 0 saturated heterocycles. The van der Waals surface area contributed by atoms with Crippen LogP contribution in [0.4, 0.5) is 0 Å². The van der Waals surface area contributed by atoms with E-state index in [1.54, 1.807) is 4.40 Å². The van der Waals surface area contributed by atoms with Gasteiger partial charge in [-0.2, -0.15) is 0 Å². The Morgan fingerprint density at radius 1 is 1.21 bits per heavy atom. The van der Waals surface area contributed by atoms with Crippen LogP contribution >= 0.6 is 11.8 Å². The highest BCUT2D eigenvalue weighted by Crippen LogP contribution is 2.18. The lowest BCUT2D eigenvalue weighted by Gasteiger charge is -2.16. The minimum atomic E-state index is -0.748. The molecule has 0 aliphatic rings. The van der Waals surface area contributed by atoms with E-state index in [-0.39, 0.29) is 11.7 Å². The second kappa shape index (κ2) is 8.83. The van der Waals surface area contributed by atoms with Gasteiger partial charge < -0.3 is 10.1 Å². The van der Waals surface area contributed by atoms with Crippen molar-refractivity contribution in [1.29, 1.82) is 0 Å². The van der Waals surface area contributed by atoms with Crippen molar-refractivity contribution in [2.75, 3.05) is 12.9 Å². The Morgan fingerprint density at radius 2 is 1.96 bits per heavy atom. The Balaban J connectivity index is 1.66. The highest BCUT2D eigenvalue weighted by atomic mass is 32.2. The maximum absolute atomic E-state index is 12.4. The summed E-state index contributed by atoms with van der Waals surface area (Å²) >= 11 is 1.24. The molecule has 2 aromatic heterocycles. The Bertz CT molecular complexity index is 990. The number of carbonyl (C=O) groups is 2. The summed E-state index contributed by atoms with van der Waals surface area (Å²) in [7, 11) is 1.31. The summed E-state index contributed by atoms with van der Waals surface area (Å²) in [6, 6.07) is 10.6. The van der Waals surface area contributed by atoms with Gasteiger partial charge in [0.2, 0.25) is 5.91 Å². The fourth-order valence-electron chi connectivity index (χ4n) is 2.85. The molecule has 0 fully saturated rings. The molecular weight excluding hydrogens is 378 g/mol. The largest absolute Gasteiger partial charge is 0.467 e. The van der Waals surface area contributed by atoms with Crippen LogP contribution in [0.2, 0.25) is 0 Å². The van der Waals surface area contributed by atoms with E-state index < -0.39 is 12.0 Å². The first kappa shape index (κ1) is 19.8. The zero-order valence-electron chi connectivity index (χ0n) is 15.9. The van der Waals surface area contributed by atoms with Crippen LogP contribution in [0.25, 0.3) is 5.78 Å². The van der Waals surface area contributed by atoms with E-state index >= 15 is 0 Å². The molecule has 3 aromatic rings. The second-order valence-corrected chi connectivity index (χ2v) is 7.22. The SMILES string of the molecule is COC(=O)[C@H](Cc1ccccc1)NC(=O)CSc1nnc2nc(C)cc(C)n12. The number of aryl methyl sites for hydroxylation is 2. The van der Waals surface area contributed by atoms with E-state index in [1.165, 1.54) is 18.9 Å². The second-order valence-electron chi connectivity index (χ2n) is 6.28. The van der Waals surface area contributed by atoms with Crippen LogP contribution in [0.3, 0.4) is 0 Å². The van der Waals surface area contributed by atoms with Gasteiger partial charge in [-0.15, -0.1) is 10.2 Å². The van der Waals surface area contributed by atoms with Gasteiger partial charge in [-0.1, -0.05) is 42.1 Å². The minimum Gasteiger partial charge on any atom is -0.467 e. The summed E-state index contributed by atoms with van der Waals surface area (Å²) in [6.45, 7) is 3.82. The topological polar surface area (TPSA) is 98.5 Å². The molecule has 1 atom stereocenters. The average molecular weight is 399 g/mol. The van der Waals surface area contributed by atoms with Crippen LogP contribution in [-0.2, 0) is 20.7 Å². The lowest BCUT2D eigenvalue weighted by molar-refractivity contribution is -0.144. The molecule has 28 heavy (non-hydrogen) atoms. The zero-order valence-corrected chi connectivity index (χ0v) is 16.7. The molecule has 0 unspecified atom stereocenters. The van der Waals surface area contributed by atoms with Crippen molar-refractivity contribution in [2.24, 2.45) is 0 Å². The molecule has 0 aliphatic heterocycles. The molecular formula is C19H21N5O3S. The maximum Gasteiger partial charge on any atom is 0.328 e. The number of rotatable bonds is 7. The van der Waals surface area contributed by atoms with Crippen molar-refractivity contribution in [1.82, 2.24) is 24.9 Å². The summed E-state index contributed by atoms with van der Waals surface area (Å²) in [6.07, 6.45) is 0.361. The third-order valence-electron chi connectivity index (χ3n) is 4.10. The number of methoxy groups -OCH3 is 1. The summed E-state index contributed by atoms with van der Waals surface area (Å²) in [5.41, 5.74) is 2.73. The van der Waals surface area contributed by atoms with Gasteiger partial charge in [-0.05, 0) is 25.5 Å². The molecule has 1 N–H and O–H groups in total. The number of fused-ring (bicyclic) bond motifs is 1. The fourth-order valence-corrected chi connectivity index (χ4v) is 3.64. The van der Waals surface area contributed by atoms with Crippen molar-refractivity contribution in [3.05, 3.63) is 53.3 Å². The lowest BCUT2D eigenvalue weighted by Crippen LogP contribution is -2.43. The molecule has 0 bridgehead atoms. The van der Waals surface area contributed by atoms with E-state index in [0.29, 0.717) is 17.4 Å². The monoisotopic (exact) mass is 399 g/mol. The van der Waals surface area contributed by atoms with Gasteiger partial charge in [0.15, 0.2) is 5.16 Å². The number of esters is 1. The van der Waals surface area contributed by atoms with Crippen molar-refractivity contribution < 1.29 is 14.3 Å². The Labute approximate surface area is 166 Å². The van der Waals surface area contributed by atoms with Crippen LogP contribution < -0.4 is 5.32 Å². The van der Waals surface area contributed by atoms with E-state index in [4.69, 9.17) is 4.74 Å². The van der Waals surface area contributed by atoms with Gasteiger partial charge in [-0.25, -0.2) is 9.78 Å². The van der Waals surface area contributed by atoms with Crippen LogP contribution in [0.5, 0.6) is 0 Å². The van der Waals surface area contributed by atoms with Gasteiger partial charge in [0.05, 0.1) is 12.9 Å². The molecule has 2 heterocycles. The number of hydrogen-bond donors (Lipinski definition) is 1. The number of thioether (sulfide) groups is 1. The number of benzene rings is 1. The number of aromatic nitrogens is 4. The third-order valence-corrected chi connectivity index (χ3v) is 5.03. The summed E-state index contributed by atoms with van der Waals surface area (Å²) < 4.78 is 6.62. The highest BCUT2D eigenvalue weighted by molar-refractivity contribution is 7.99. The quantitative estimate of drug-likeness (QED) is 0.477. The summed E-state index contributed by atoms with van der Waals surface area (Å²) in [5.74, 6) is -0.176. The van der Waals surface area contributed by atoms with E-state index in [0.717, 1.165) is 17.0 Å². The summed E-state index contributed by atoms with van der Waals surface area (Å²) in [4.78, 5) is 28.8. The number of hydrogen-bond acceptors (Lipinski definition) is 7. The van der Waals surface area contributed by atoms with Gasteiger partial charge in [0, 0.05) is 17.8 Å². The van der Waals surface area contributed by atoms with Crippen molar-refractivity contribution >= 4 is 29.4 Å². The lowest BCUT2D eigenvalue weighted by atomic mass is 10.1. The van der Waals surface area contributed by atoms with Crippen molar-refractivity contribution in [3.8, 4) is 0 Å². The first-order valence-corrected chi connectivity index (χ1v) is 9.70. The molecule has 0 aliphatic carbocycles. The van der Waals surface area contributed by atoms with Gasteiger partial charge in [0.1, 0.15) is 6.04 Å². The van der Waals surface area contributed by atoms with Crippen LogP contribution in [0.15, 0.2) is 41.6 Å². The Hall–Kier alpha value is -2.94. The number of carbonyl (C=O) groups excluding carboxylic acids is 2. The van der Waals surface area contributed by atoms with Crippen LogP contribution in [0, 0.1) is 13.8 Å². The number of amides is 1. The molecule has 146 valence electrons. The van der Waals surface area contributed by atoms with Crippen LogP contribution in [0.1, 0.15) is 17.0 Å². The molecule has 0 spiro atoms. The maximum atomic E-state index is 12.4. The highest BCUT2D eigenvalue weighted by Gasteiger charge is 2.22. The smallest absolute Gasteiger partial charge is 0.328 e. The minimum absolute atomic E-state index is 0.0936. The molecule has 8 nitrogen and oxygen atoms in total. The Morgan fingerprint density at radius 3 is 2.68 bits per heavy atom. The van der Waals surface area contributed by atoms with E-state index in [2.05, 4.69) is 20.5 Å². The fraction of sp³-hybridized carbons (Fsp3) is 0.316. The Kier molecular flexibility index (Phi) is 6.25. The molecule has 0 saturated carbocycles. The third kappa shape index (κ3) is 4.66. The molecule has 9 heteroatoms. The molecule has 1 amide bonds. The van der Waals surface area contributed by atoms with Gasteiger partial charge >= 0.3 is 5.97 Å². The van der Waals surface area contributed by atoms with Crippen molar-refractivity contribution in [3.63, 3.8) is 0 Å². The predicted molar refractivity (Wildman–Crippen MR) is 105 cm³/mol. The predicted octanol–water partition coefficient (Wildman–Crippen LogP) is 1.73. The van der Waals surface area contributed by atoms with Gasteiger partial charge in [-0.3, -0.25) is 9.20 Å². The first-order valence-electron chi connectivity index (χ1n) is 8.71. The van der Waals surface area contributed by atoms with E-state index in [9.17, 15) is 9.59 Å². The summed E-state index contributed by atoms with van der Waals surface area (Å²) in [5, 5.41) is 11.5. The zero-order chi connectivity index (χ0) is 20.1. The average Bonchev–Trinajstić information content (AvgIpc) is 3.09. The van der Waals surface area contributed by atoms with E-state index in [1.807, 2.05) is 50.2 Å². The molecule has 1 aromatic carbocycles. The molecule has 0 radical (unpaired) electrons.